The molecule has 25 heavy (non-hydrogen) atoms. The molecule has 3 heterocycles. The molecule has 0 aliphatic carbocycles. The topological polar surface area (TPSA) is 72.4 Å². The zero-order valence-corrected chi connectivity index (χ0v) is 14.0. The number of aromatic nitrogens is 2. The van der Waals surface area contributed by atoms with Gasteiger partial charge in [-0.2, -0.15) is 4.98 Å². The van der Waals surface area contributed by atoms with Gasteiger partial charge in [-0.3, -0.25) is 4.79 Å². The molecule has 0 bridgehead atoms. The first kappa shape index (κ1) is 15.6. The number of aryl methyl sites for hydroxylation is 1. The van der Waals surface area contributed by atoms with Crippen molar-refractivity contribution in [3.8, 4) is 11.4 Å². The molecule has 1 aliphatic heterocycles. The van der Waals surface area contributed by atoms with Crippen LogP contribution >= 0.6 is 0 Å². The third-order valence-corrected chi connectivity index (χ3v) is 4.53. The van der Waals surface area contributed by atoms with E-state index in [0.717, 1.165) is 30.4 Å². The Morgan fingerprint density at radius 2 is 2.20 bits per heavy atom. The van der Waals surface area contributed by atoms with Crippen molar-refractivity contribution in [1.82, 2.24) is 15.0 Å². The first-order valence-corrected chi connectivity index (χ1v) is 8.46. The summed E-state index contributed by atoms with van der Waals surface area (Å²) in [4.78, 5) is 19.1. The van der Waals surface area contributed by atoms with E-state index in [-0.39, 0.29) is 11.9 Å². The van der Waals surface area contributed by atoms with Gasteiger partial charge in [-0.15, -0.1) is 0 Å². The van der Waals surface area contributed by atoms with Crippen molar-refractivity contribution in [2.45, 2.75) is 32.2 Å². The minimum Gasteiger partial charge on any atom is -0.472 e. The van der Waals surface area contributed by atoms with Gasteiger partial charge in [0.05, 0.1) is 11.8 Å². The monoisotopic (exact) mass is 337 g/mol. The molecule has 2 aromatic heterocycles. The highest BCUT2D eigenvalue weighted by atomic mass is 16.5. The maximum Gasteiger partial charge on any atom is 0.257 e. The minimum absolute atomic E-state index is 0.0613. The number of hydrogen-bond acceptors (Lipinski definition) is 5. The maximum absolute atomic E-state index is 12.7. The van der Waals surface area contributed by atoms with Crippen LogP contribution in [0.25, 0.3) is 11.4 Å². The molecule has 0 saturated carbocycles. The second-order valence-corrected chi connectivity index (χ2v) is 6.35. The predicted octanol–water partition coefficient (Wildman–Crippen LogP) is 4.01. The van der Waals surface area contributed by atoms with Gasteiger partial charge in [0.25, 0.3) is 5.91 Å². The van der Waals surface area contributed by atoms with Crippen LogP contribution in [-0.4, -0.2) is 27.5 Å². The van der Waals surface area contributed by atoms with Crippen LogP contribution in [0.2, 0.25) is 0 Å². The third kappa shape index (κ3) is 3.07. The molecule has 1 amide bonds. The maximum atomic E-state index is 12.7. The summed E-state index contributed by atoms with van der Waals surface area (Å²) in [6.07, 6.45) is 5.80. The predicted molar refractivity (Wildman–Crippen MR) is 90.8 cm³/mol. The van der Waals surface area contributed by atoms with Crippen LogP contribution in [0.1, 0.15) is 47.1 Å². The zero-order valence-electron chi connectivity index (χ0n) is 14.0. The SMILES string of the molecule is Cc1cccc(-c2noc(C3CCCCN3C(=O)c3ccoc3)n2)c1. The van der Waals surface area contributed by atoms with E-state index >= 15 is 0 Å². The number of furan rings is 1. The van der Waals surface area contributed by atoms with Crippen LogP contribution in [0, 0.1) is 6.92 Å². The highest BCUT2D eigenvalue weighted by Gasteiger charge is 2.33. The number of rotatable bonds is 3. The number of likely N-dealkylation sites (tertiary alicyclic amines) is 1. The summed E-state index contributed by atoms with van der Waals surface area (Å²) >= 11 is 0. The summed E-state index contributed by atoms with van der Waals surface area (Å²) < 4.78 is 10.6. The standard InChI is InChI=1S/C19H19N3O3/c1-13-5-4-6-14(11-13)17-20-18(25-21-17)16-7-2-3-9-22(16)19(23)15-8-10-24-12-15/h4-6,8,10-12,16H,2-3,7,9H2,1H3. The Labute approximate surface area is 145 Å². The average Bonchev–Trinajstić information content (AvgIpc) is 3.33. The van der Waals surface area contributed by atoms with Gasteiger partial charge in [0, 0.05) is 12.1 Å². The number of hydrogen-bond donors (Lipinski definition) is 0. The van der Waals surface area contributed by atoms with Gasteiger partial charge in [-0.05, 0) is 38.3 Å². The summed E-state index contributed by atoms with van der Waals surface area (Å²) in [5.41, 5.74) is 2.60. The van der Waals surface area contributed by atoms with Crippen molar-refractivity contribution in [3.05, 3.63) is 59.9 Å². The molecule has 1 fully saturated rings. The highest BCUT2D eigenvalue weighted by molar-refractivity contribution is 5.94. The molecule has 1 unspecified atom stereocenters. The summed E-state index contributed by atoms with van der Waals surface area (Å²) in [7, 11) is 0. The molecule has 1 aromatic carbocycles. The fraction of sp³-hybridized carbons (Fsp3) is 0.316. The average molecular weight is 337 g/mol. The van der Waals surface area contributed by atoms with Gasteiger partial charge in [-0.1, -0.05) is 28.9 Å². The molecule has 1 saturated heterocycles. The lowest BCUT2D eigenvalue weighted by molar-refractivity contribution is 0.0560. The minimum atomic E-state index is -0.192. The van der Waals surface area contributed by atoms with Crippen LogP contribution in [0.5, 0.6) is 0 Å². The Bertz CT molecular complexity index is 870. The lowest BCUT2D eigenvalue weighted by atomic mass is 10.0. The number of benzene rings is 1. The van der Waals surface area contributed by atoms with E-state index in [4.69, 9.17) is 8.94 Å². The summed E-state index contributed by atoms with van der Waals surface area (Å²) in [6, 6.07) is 9.45. The van der Waals surface area contributed by atoms with E-state index in [0.29, 0.717) is 23.8 Å². The number of piperidine rings is 1. The van der Waals surface area contributed by atoms with Crippen molar-refractivity contribution in [2.75, 3.05) is 6.54 Å². The zero-order chi connectivity index (χ0) is 17.2. The normalized spacial score (nSPS) is 17.6. The van der Waals surface area contributed by atoms with Crippen molar-refractivity contribution in [3.63, 3.8) is 0 Å². The molecule has 4 rings (SSSR count). The molecule has 6 nitrogen and oxygen atoms in total. The summed E-state index contributed by atoms with van der Waals surface area (Å²) in [5, 5.41) is 4.12. The van der Waals surface area contributed by atoms with E-state index in [1.54, 1.807) is 6.07 Å². The largest absolute Gasteiger partial charge is 0.472 e. The summed E-state index contributed by atoms with van der Waals surface area (Å²) in [5.74, 6) is 0.988. The molecule has 1 atom stereocenters. The molecule has 1 aliphatic rings. The molecular formula is C19H19N3O3. The second-order valence-electron chi connectivity index (χ2n) is 6.35. The van der Waals surface area contributed by atoms with Crippen LogP contribution < -0.4 is 0 Å². The van der Waals surface area contributed by atoms with Crippen molar-refractivity contribution < 1.29 is 13.7 Å². The summed E-state index contributed by atoms with van der Waals surface area (Å²) in [6.45, 7) is 2.70. The van der Waals surface area contributed by atoms with Gasteiger partial charge in [0.15, 0.2) is 0 Å². The Hall–Kier alpha value is -2.89. The van der Waals surface area contributed by atoms with E-state index < -0.39 is 0 Å². The van der Waals surface area contributed by atoms with Gasteiger partial charge in [0.2, 0.25) is 11.7 Å². The first-order valence-electron chi connectivity index (χ1n) is 8.46. The van der Waals surface area contributed by atoms with Crippen LogP contribution in [-0.2, 0) is 0 Å². The Morgan fingerprint density at radius 1 is 1.28 bits per heavy atom. The second kappa shape index (κ2) is 6.55. The smallest absolute Gasteiger partial charge is 0.257 e. The molecule has 0 spiro atoms. The number of amides is 1. The Kier molecular flexibility index (Phi) is 4.09. The Morgan fingerprint density at radius 3 is 3.00 bits per heavy atom. The molecular weight excluding hydrogens is 318 g/mol. The highest BCUT2D eigenvalue weighted by Crippen LogP contribution is 2.32. The first-order chi connectivity index (χ1) is 12.2. The fourth-order valence-corrected chi connectivity index (χ4v) is 3.26. The molecule has 0 radical (unpaired) electrons. The van der Waals surface area contributed by atoms with Crippen molar-refractivity contribution in [2.24, 2.45) is 0 Å². The number of carbonyl (C=O) groups is 1. The Balaban J connectivity index is 1.62. The lowest BCUT2D eigenvalue weighted by Crippen LogP contribution is -2.38. The molecule has 128 valence electrons. The van der Waals surface area contributed by atoms with Crippen molar-refractivity contribution in [1.29, 1.82) is 0 Å². The van der Waals surface area contributed by atoms with Crippen LogP contribution in [0.4, 0.5) is 0 Å². The van der Waals surface area contributed by atoms with E-state index in [2.05, 4.69) is 10.1 Å². The van der Waals surface area contributed by atoms with Gasteiger partial charge < -0.3 is 13.8 Å². The third-order valence-electron chi connectivity index (χ3n) is 4.53. The molecule has 6 heteroatoms. The lowest BCUT2D eigenvalue weighted by Gasteiger charge is -2.33. The van der Waals surface area contributed by atoms with E-state index in [1.165, 1.54) is 12.5 Å². The molecule has 3 aromatic rings. The van der Waals surface area contributed by atoms with E-state index in [1.807, 2.05) is 36.1 Å². The quantitative estimate of drug-likeness (QED) is 0.722. The number of carbonyl (C=O) groups excluding carboxylic acids is 1. The van der Waals surface area contributed by atoms with Gasteiger partial charge in [0.1, 0.15) is 12.3 Å². The van der Waals surface area contributed by atoms with Crippen LogP contribution in [0.15, 0.2) is 51.8 Å². The van der Waals surface area contributed by atoms with Crippen molar-refractivity contribution >= 4 is 5.91 Å². The van der Waals surface area contributed by atoms with Gasteiger partial charge in [-0.25, -0.2) is 0 Å². The van der Waals surface area contributed by atoms with E-state index in [9.17, 15) is 4.79 Å². The van der Waals surface area contributed by atoms with Gasteiger partial charge >= 0.3 is 0 Å². The fourth-order valence-electron chi connectivity index (χ4n) is 3.26. The molecule has 0 N–H and O–H groups in total. The van der Waals surface area contributed by atoms with Crippen LogP contribution in [0.3, 0.4) is 0 Å². The number of nitrogens with zero attached hydrogens (tertiary/aromatic N) is 3.